The molecule has 0 bridgehead atoms. The predicted molar refractivity (Wildman–Crippen MR) is 95.6 cm³/mol. The van der Waals surface area contributed by atoms with Crippen LogP contribution >= 0.6 is 0 Å². The third-order valence-electron chi connectivity index (χ3n) is 3.79. The summed E-state index contributed by atoms with van der Waals surface area (Å²) in [6.45, 7) is 0. The molecule has 1 aliphatic carbocycles. The summed E-state index contributed by atoms with van der Waals surface area (Å²) >= 11 is 0. The Labute approximate surface area is 145 Å². The van der Waals surface area contributed by atoms with Crippen molar-refractivity contribution >= 4 is 23.2 Å². The smallest absolute Gasteiger partial charge is 0.329 e. The van der Waals surface area contributed by atoms with Crippen molar-refractivity contribution in [1.29, 1.82) is 0 Å². The minimum atomic E-state index is -0.774. The Morgan fingerprint density at radius 2 is 1.48 bits per heavy atom. The average molecular weight is 337 g/mol. The number of anilines is 1. The summed E-state index contributed by atoms with van der Waals surface area (Å²) < 4.78 is 5.67. The number of rotatable bonds is 4. The van der Waals surface area contributed by atoms with Crippen molar-refractivity contribution in [3.63, 3.8) is 0 Å². The minimum absolute atomic E-state index is 0.508. The Bertz CT molecular complexity index is 762. The number of hydrazone groups is 1. The molecule has 0 atom stereocenters. The highest BCUT2D eigenvalue weighted by atomic mass is 16.5. The fourth-order valence-electron chi connectivity index (χ4n) is 2.49. The molecule has 128 valence electrons. The van der Waals surface area contributed by atoms with E-state index in [2.05, 4.69) is 15.8 Å². The highest BCUT2D eigenvalue weighted by Crippen LogP contribution is 2.22. The first kappa shape index (κ1) is 16.7. The molecule has 6 nitrogen and oxygen atoms in total. The zero-order valence-electron chi connectivity index (χ0n) is 13.7. The quantitative estimate of drug-likeness (QED) is 0.662. The van der Waals surface area contributed by atoms with E-state index in [1.54, 1.807) is 24.3 Å². The van der Waals surface area contributed by atoms with E-state index in [9.17, 15) is 9.59 Å². The summed E-state index contributed by atoms with van der Waals surface area (Å²) in [6, 6.07) is 16.2. The molecule has 0 heterocycles. The second kappa shape index (κ2) is 8.10. The topological polar surface area (TPSA) is 79.8 Å². The average Bonchev–Trinajstić information content (AvgIpc) is 3.16. The molecule has 0 radical (unpaired) electrons. The first-order valence-electron chi connectivity index (χ1n) is 8.20. The Morgan fingerprint density at radius 1 is 0.840 bits per heavy atom. The van der Waals surface area contributed by atoms with E-state index in [-0.39, 0.29) is 0 Å². The summed E-state index contributed by atoms with van der Waals surface area (Å²) in [5.74, 6) is -0.158. The lowest BCUT2D eigenvalue weighted by Crippen LogP contribution is -2.32. The van der Waals surface area contributed by atoms with Crippen molar-refractivity contribution in [1.82, 2.24) is 5.43 Å². The summed E-state index contributed by atoms with van der Waals surface area (Å²) in [5, 5.41) is 6.52. The molecule has 2 aromatic rings. The molecular weight excluding hydrogens is 318 g/mol. The van der Waals surface area contributed by atoms with Crippen molar-refractivity contribution in [3.05, 3.63) is 54.6 Å². The fourth-order valence-corrected chi connectivity index (χ4v) is 2.49. The van der Waals surface area contributed by atoms with Gasteiger partial charge in [0.2, 0.25) is 0 Å². The second-order valence-corrected chi connectivity index (χ2v) is 5.72. The van der Waals surface area contributed by atoms with Crippen LogP contribution in [0.3, 0.4) is 0 Å². The molecule has 2 aromatic carbocycles. The van der Waals surface area contributed by atoms with Gasteiger partial charge in [-0.3, -0.25) is 9.59 Å². The van der Waals surface area contributed by atoms with Gasteiger partial charge in [0.1, 0.15) is 11.5 Å². The standard InChI is InChI=1S/C19H19N3O3/c23-18(19(24)22-21-15-6-4-5-7-15)20-14-10-12-17(13-11-14)25-16-8-2-1-3-9-16/h1-3,8-13H,4-7H2,(H,20,23)(H,22,24). The molecule has 6 heteroatoms. The molecule has 0 aromatic heterocycles. The first-order valence-corrected chi connectivity index (χ1v) is 8.20. The number of nitrogens with zero attached hydrogens (tertiary/aromatic N) is 1. The largest absolute Gasteiger partial charge is 0.457 e. The number of ether oxygens (including phenoxy) is 1. The van der Waals surface area contributed by atoms with Crippen LogP contribution in [0, 0.1) is 0 Å². The molecule has 1 saturated carbocycles. The predicted octanol–water partition coefficient (Wildman–Crippen LogP) is 3.46. The van der Waals surface area contributed by atoms with Gasteiger partial charge in [-0.2, -0.15) is 5.10 Å². The van der Waals surface area contributed by atoms with Crippen LogP contribution in [0.25, 0.3) is 0 Å². The van der Waals surface area contributed by atoms with Gasteiger partial charge in [-0.15, -0.1) is 0 Å². The maximum Gasteiger partial charge on any atom is 0.329 e. The molecule has 0 unspecified atom stereocenters. The van der Waals surface area contributed by atoms with E-state index in [4.69, 9.17) is 4.74 Å². The van der Waals surface area contributed by atoms with Crippen LogP contribution in [0.15, 0.2) is 59.7 Å². The zero-order valence-corrected chi connectivity index (χ0v) is 13.7. The minimum Gasteiger partial charge on any atom is -0.457 e. The van der Waals surface area contributed by atoms with Gasteiger partial charge in [-0.1, -0.05) is 18.2 Å². The van der Waals surface area contributed by atoms with E-state index in [1.807, 2.05) is 30.3 Å². The van der Waals surface area contributed by atoms with Crippen molar-refractivity contribution in [2.75, 3.05) is 5.32 Å². The second-order valence-electron chi connectivity index (χ2n) is 5.72. The van der Waals surface area contributed by atoms with Crippen molar-refractivity contribution < 1.29 is 14.3 Å². The lowest BCUT2D eigenvalue weighted by atomic mass is 10.3. The normalized spacial score (nSPS) is 13.2. The van der Waals surface area contributed by atoms with Gasteiger partial charge < -0.3 is 10.1 Å². The Hall–Kier alpha value is -3.15. The number of carbonyl (C=O) groups excluding carboxylic acids is 2. The zero-order chi connectivity index (χ0) is 17.5. The van der Waals surface area contributed by atoms with Gasteiger partial charge in [-0.25, -0.2) is 5.43 Å². The number of nitrogens with one attached hydrogen (secondary N) is 2. The number of amides is 2. The Morgan fingerprint density at radius 3 is 2.16 bits per heavy atom. The fraction of sp³-hybridized carbons (Fsp3) is 0.211. The van der Waals surface area contributed by atoms with Gasteiger partial charge in [0.15, 0.2) is 0 Å². The number of hydrogen-bond donors (Lipinski definition) is 2. The van der Waals surface area contributed by atoms with E-state index in [0.29, 0.717) is 11.4 Å². The molecule has 2 amide bonds. The molecule has 0 saturated heterocycles. The van der Waals surface area contributed by atoms with Crippen LogP contribution in [0.2, 0.25) is 0 Å². The number of benzene rings is 2. The van der Waals surface area contributed by atoms with Gasteiger partial charge in [-0.05, 0) is 62.1 Å². The molecule has 2 N–H and O–H groups in total. The highest BCUT2D eigenvalue weighted by Gasteiger charge is 2.14. The molecule has 1 fully saturated rings. The highest BCUT2D eigenvalue weighted by molar-refractivity contribution is 6.39. The van der Waals surface area contributed by atoms with E-state index < -0.39 is 11.8 Å². The van der Waals surface area contributed by atoms with E-state index >= 15 is 0 Å². The molecule has 0 aliphatic heterocycles. The van der Waals surface area contributed by atoms with Gasteiger partial charge >= 0.3 is 11.8 Å². The summed E-state index contributed by atoms with van der Waals surface area (Å²) in [4.78, 5) is 23.6. The maximum atomic E-state index is 11.9. The van der Waals surface area contributed by atoms with Crippen LogP contribution in [0.5, 0.6) is 11.5 Å². The molecule has 0 spiro atoms. The molecule has 1 aliphatic rings. The number of carbonyl (C=O) groups is 2. The molecular formula is C19H19N3O3. The summed E-state index contributed by atoms with van der Waals surface area (Å²) in [7, 11) is 0. The van der Waals surface area contributed by atoms with Crippen LogP contribution in [0.4, 0.5) is 5.69 Å². The molecule has 25 heavy (non-hydrogen) atoms. The van der Waals surface area contributed by atoms with Crippen molar-refractivity contribution in [3.8, 4) is 11.5 Å². The molecule has 3 rings (SSSR count). The SMILES string of the molecule is O=C(NN=C1CCCC1)C(=O)Nc1ccc(Oc2ccccc2)cc1. The lowest BCUT2D eigenvalue weighted by molar-refractivity contribution is -0.136. The maximum absolute atomic E-state index is 11.9. The van der Waals surface area contributed by atoms with Crippen LogP contribution < -0.4 is 15.5 Å². The summed E-state index contributed by atoms with van der Waals surface area (Å²) in [5.41, 5.74) is 3.74. The number of para-hydroxylation sites is 1. The lowest BCUT2D eigenvalue weighted by Gasteiger charge is -2.07. The van der Waals surface area contributed by atoms with Crippen molar-refractivity contribution in [2.45, 2.75) is 25.7 Å². The van der Waals surface area contributed by atoms with E-state index in [1.165, 1.54) is 0 Å². The van der Waals surface area contributed by atoms with Crippen LogP contribution in [0.1, 0.15) is 25.7 Å². The van der Waals surface area contributed by atoms with Gasteiger partial charge in [0.25, 0.3) is 0 Å². The Kier molecular flexibility index (Phi) is 5.41. The summed E-state index contributed by atoms with van der Waals surface area (Å²) in [6.07, 6.45) is 3.92. The van der Waals surface area contributed by atoms with Gasteiger partial charge in [0.05, 0.1) is 0 Å². The first-order chi connectivity index (χ1) is 12.2. The monoisotopic (exact) mass is 337 g/mol. The van der Waals surface area contributed by atoms with Gasteiger partial charge in [0, 0.05) is 11.4 Å². The van der Waals surface area contributed by atoms with E-state index in [0.717, 1.165) is 37.1 Å². The third kappa shape index (κ3) is 4.91. The van der Waals surface area contributed by atoms with Crippen LogP contribution in [-0.2, 0) is 9.59 Å². The van der Waals surface area contributed by atoms with Crippen LogP contribution in [-0.4, -0.2) is 17.5 Å². The number of hydrogen-bond acceptors (Lipinski definition) is 4. The van der Waals surface area contributed by atoms with Crippen molar-refractivity contribution in [2.24, 2.45) is 5.10 Å². The Balaban J connectivity index is 1.52. The third-order valence-corrected chi connectivity index (χ3v) is 3.79.